The van der Waals surface area contributed by atoms with Crippen molar-refractivity contribution in [2.45, 2.75) is 0 Å². The number of aromatic nitrogens is 2. The third kappa shape index (κ3) is 3.36. The maximum absolute atomic E-state index is 12.2. The van der Waals surface area contributed by atoms with Crippen molar-refractivity contribution in [3.63, 3.8) is 0 Å². The number of benzene rings is 1. The lowest BCUT2D eigenvalue weighted by Crippen LogP contribution is -2.13. The topological polar surface area (TPSA) is 83.9 Å². The number of rotatable bonds is 4. The molecular weight excluding hydrogens is 292 g/mol. The number of nitrogens with zero attached hydrogens (tertiary/aromatic N) is 3. The summed E-state index contributed by atoms with van der Waals surface area (Å²) in [5, 5.41) is 11.8. The molecule has 0 radical (unpaired) electrons. The number of hydrogen-bond acceptors (Lipinski definition) is 4. The van der Waals surface area contributed by atoms with E-state index in [0.717, 1.165) is 5.69 Å². The van der Waals surface area contributed by atoms with E-state index >= 15 is 0 Å². The van der Waals surface area contributed by atoms with Crippen LogP contribution in [0.2, 0.25) is 0 Å². The zero-order valence-electron chi connectivity index (χ0n) is 12.0. The third-order valence-electron chi connectivity index (χ3n) is 3.10. The third-order valence-corrected chi connectivity index (χ3v) is 3.10. The minimum atomic E-state index is -0.494. The molecule has 0 saturated carbocycles. The highest BCUT2D eigenvalue weighted by molar-refractivity contribution is 6.09. The lowest BCUT2D eigenvalue weighted by atomic mass is 10.2. The molecule has 0 aliphatic rings. The molecule has 1 N–H and O–H groups in total. The van der Waals surface area contributed by atoms with Crippen molar-refractivity contribution >= 4 is 17.7 Å². The monoisotopic (exact) mass is 304 g/mol. The van der Waals surface area contributed by atoms with Crippen LogP contribution in [0.3, 0.4) is 0 Å². The van der Waals surface area contributed by atoms with E-state index in [1.807, 2.05) is 22.8 Å². The largest absolute Gasteiger partial charge is 0.465 e. The number of carbonyl (C=O) groups excluding carboxylic acids is 1. The molecule has 1 aromatic carbocycles. The zero-order chi connectivity index (χ0) is 16.1. The fourth-order valence-corrected chi connectivity index (χ4v) is 2.02. The SMILES string of the molecule is N#CC(=Cc1ccco1)C(=O)Nc1cccc(-n2ccnc2)c1. The maximum Gasteiger partial charge on any atom is 0.266 e. The van der Waals surface area contributed by atoms with Crippen molar-refractivity contribution in [2.75, 3.05) is 5.32 Å². The van der Waals surface area contributed by atoms with E-state index in [2.05, 4.69) is 10.3 Å². The van der Waals surface area contributed by atoms with Gasteiger partial charge in [0.15, 0.2) is 0 Å². The number of anilines is 1. The second-order valence-corrected chi connectivity index (χ2v) is 4.66. The molecule has 112 valence electrons. The van der Waals surface area contributed by atoms with Crippen LogP contribution in [0.15, 0.2) is 71.4 Å². The number of nitrogens with one attached hydrogen (secondary N) is 1. The van der Waals surface area contributed by atoms with Crippen molar-refractivity contribution in [1.29, 1.82) is 5.26 Å². The van der Waals surface area contributed by atoms with Gasteiger partial charge in [-0.05, 0) is 30.3 Å². The zero-order valence-corrected chi connectivity index (χ0v) is 12.0. The van der Waals surface area contributed by atoms with Crippen molar-refractivity contribution in [1.82, 2.24) is 9.55 Å². The summed E-state index contributed by atoms with van der Waals surface area (Å²) in [5.41, 5.74) is 1.41. The molecule has 0 unspecified atom stereocenters. The van der Waals surface area contributed by atoms with Gasteiger partial charge in [-0.2, -0.15) is 5.26 Å². The van der Waals surface area contributed by atoms with Crippen LogP contribution in [-0.2, 0) is 4.79 Å². The van der Waals surface area contributed by atoms with E-state index < -0.39 is 5.91 Å². The van der Waals surface area contributed by atoms with Crippen molar-refractivity contribution in [2.24, 2.45) is 0 Å². The summed E-state index contributed by atoms with van der Waals surface area (Å²) in [7, 11) is 0. The molecule has 2 aromatic heterocycles. The summed E-state index contributed by atoms with van der Waals surface area (Å²) in [5.74, 6) is -0.0458. The van der Waals surface area contributed by atoms with Gasteiger partial charge in [0, 0.05) is 29.8 Å². The van der Waals surface area contributed by atoms with Crippen LogP contribution in [0.1, 0.15) is 5.76 Å². The smallest absolute Gasteiger partial charge is 0.266 e. The van der Waals surface area contributed by atoms with Crippen LogP contribution < -0.4 is 5.32 Å². The molecule has 1 amide bonds. The number of amides is 1. The standard InChI is InChI=1S/C17H12N4O2/c18-11-13(9-16-5-2-8-23-16)17(22)20-14-3-1-4-15(10-14)21-7-6-19-12-21/h1-10,12H,(H,20,22). The quantitative estimate of drug-likeness (QED) is 0.593. The summed E-state index contributed by atoms with van der Waals surface area (Å²) in [6.45, 7) is 0. The summed E-state index contributed by atoms with van der Waals surface area (Å²) >= 11 is 0. The van der Waals surface area contributed by atoms with E-state index in [4.69, 9.17) is 9.68 Å². The predicted octanol–water partition coefficient (Wildman–Crippen LogP) is 3.01. The number of furan rings is 1. The molecule has 3 rings (SSSR count). The lowest BCUT2D eigenvalue weighted by Gasteiger charge is -2.07. The Morgan fingerprint density at radius 2 is 2.26 bits per heavy atom. The average molecular weight is 304 g/mol. The molecule has 0 aliphatic carbocycles. The summed E-state index contributed by atoms with van der Waals surface area (Å²) in [6, 6.07) is 12.5. The predicted molar refractivity (Wildman–Crippen MR) is 84.5 cm³/mol. The van der Waals surface area contributed by atoms with Crippen LogP contribution in [0, 0.1) is 11.3 Å². The first-order valence-corrected chi connectivity index (χ1v) is 6.81. The molecule has 0 fully saturated rings. The minimum Gasteiger partial charge on any atom is -0.465 e. The van der Waals surface area contributed by atoms with Gasteiger partial charge in [0.05, 0.1) is 12.6 Å². The van der Waals surface area contributed by atoms with Gasteiger partial charge in [-0.1, -0.05) is 6.07 Å². The number of hydrogen-bond donors (Lipinski definition) is 1. The average Bonchev–Trinajstić information content (AvgIpc) is 3.26. The number of carbonyl (C=O) groups is 1. The minimum absolute atomic E-state index is 0.0343. The Kier molecular flexibility index (Phi) is 4.03. The summed E-state index contributed by atoms with van der Waals surface area (Å²) < 4.78 is 6.94. The molecule has 2 heterocycles. The Labute approximate surface area is 132 Å². The fourth-order valence-electron chi connectivity index (χ4n) is 2.02. The van der Waals surface area contributed by atoms with Crippen LogP contribution in [-0.4, -0.2) is 15.5 Å². The molecule has 23 heavy (non-hydrogen) atoms. The second-order valence-electron chi connectivity index (χ2n) is 4.66. The molecule has 0 bridgehead atoms. The highest BCUT2D eigenvalue weighted by Gasteiger charge is 2.10. The van der Waals surface area contributed by atoms with E-state index in [-0.39, 0.29) is 5.57 Å². The first-order chi connectivity index (χ1) is 11.3. The Morgan fingerprint density at radius 1 is 1.35 bits per heavy atom. The fraction of sp³-hybridized carbons (Fsp3) is 0. The van der Waals surface area contributed by atoms with Crippen LogP contribution in [0.5, 0.6) is 0 Å². The lowest BCUT2D eigenvalue weighted by molar-refractivity contribution is -0.112. The molecule has 0 atom stereocenters. The molecule has 3 aromatic rings. The van der Waals surface area contributed by atoms with Gasteiger partial charge in [-0.25, -0.2) is 4.98 Å². The summed E-state index contributed by atoms with van der Waals surface area (Å²) in [6.07, 6.45) is 8.02. The van der Waals surface area contributed by atoms with Crippen LogP contribution in [0.4, 0.5) is 5.69 Å². The van der Waals surface area contributed by atoms with Crippen LogP contribution >= 0.6 is 0 Å². The molecule has 0 spiro atoms. The first kappa shape index (κ1) is 14.4. The van der Waals surface area contributed by atoms with Crippen molar-refractivity contribution in [3.8, 4) is 11.8 Å². The van der Waals surface area contributed by atoms with E-state index in [1.54, 1.807) is 43.0 Å². The van der Waals surface area contributed by atoms with Gasteiger partial charge in [0.1, 0.15) is 17.4 Å². The van der Waals surface area contributed by atoms with Gasteiger partial charge < -0.3 is 14.3 Å². The molecular formula is C17H12N4O2. The number of nitriles is 1. The maximum atomic E-state index is 12.2. The van der Waals surface area contributed by atoms with Gasteiger partial charge in [0.25, 0.3) is 5.91 Å². The highest BCUT2D eigenvalue weighted by atomic mass is 16.3. The summed E-state index contributed by atoms with van der Waals surface area (Å²) in [4.78, 5) is 16.2. The van der Waals surface area contributed by atoms with Crippen LogP contribution in [0.25, 0.3) is 11.8 Å². The Balaban J connectivity index is 1.80. The second kappa shape index (κ2) is 6.45. The van der Waals surface area contributed by atoms with Gasteiger partial charge in [-0.3, -0.25) is 4.79 Å². The molecule has 0 saturated heterocycles. The molecule has 6 heteroatoms. The highest BCUT2D eigenvalue weighted by Crippen LogP contribution is 2.16. The number of imidazole rings is 1. The Hall–Kier alpha value is -3.59. The van der Waals surface area contributed by atoms with Gasteiger partial charge >= 0.3 is 0 Å². The first-order valence-electron chi connectivity index (χ1n) is 6.81. The molecule has 0 aliphatic heterocycles. The van der Waals surface area contributed by atoms with Gasteiger partial charge in [0.2, 0.25) is 0 Å². The molecule has 6 nitrogen and oxygen atoms in total. The Bertz CT molecular complexity index is 872. The van der Waals surface area contributed by atoms with E-state index in [1.165, 1.54) is 12.3 Å². The Morgan fingerprint density at radius 3 is 2.96 bits per heavy atom. The van der Waals surface area contributed by atoms with E-state index in [9.17, 15) is 4.79 Å². The normalized spacial score (nSPS) is 11.0. The van der Waals surface area contributed by atoms with Gasteiger partial charge in [-0.15, -0.1) is 0 Å². The van der Waals surface area contributed by atoms with Crippen molar-refractivity contribution < 1.29 is 9.21 Å². The van der Waals surface area contributed by atoms with Crippen molar-refractivity contribution in [3.05, 3.63) is 72.7 Å². The van der Waals surface area contributed by atoms with E-state index in [0.29, 0.717) is 11.4 Å².